The normalized spacial score (nSPS) is 12.6. The van der Waals surface area contributed by atoms with Crippen LogP contribution in [0.25, 0.3) is 0 Å². The van der Waals surface area contributed by atoms with Crippen molar-refractivity contribution in [2.75, 3.05) is 5.32 Å². The molecule has 0 aromatic heterocycles. The Hall–Kier alpha value is -1.58. The van der Waals surface area contributed by atoms with Crippen molar-refractivity contribution in [2.45, 2.75) is 39.2 Å². The van der Waals surface area contributed by atoms with E-state index >= 15 is 0 Å². The fourth-order valence-corrected chi connectivity index (χ4v) is 2.77. The molecule has 2 aromatic carbocycles. The van der Waals surface area contributed by atoms with Gasteiger partial charge in [0.05, 0.1) is 6.04 Å². The second-order valence-corrected chi connectivity index (χ2v) is 7.55. The summed E-state index contributed by atoms with van der Waals surface area (Å²) in [6.45, 7) is 8.74. The van der Waals surface area contributed by atoms with Crippen LogP contribution in [-0.4, -0.2) is 5.11 Å². The van der Waals surface area contributed by atoms with E-state index in [4.69, 9.17) is 23.8 Å². The Balaban J connectivity index is 1.98. The van der Waals surface area contributed by atoms with Crippen molar-refractivity contribution in [2.24, 2.45) is 0 Å². The Bertz CT molecular complexity index is 675. The number of rotatable bonds is 3. The number of halogens is 1. The Morgan fingerprint density at radius 1 is 1.09 bits per heavy atom. The molecule has 122 valence electrons. The van der Waals surface area contributed by atoms with E-state index in [1.807, 2.05) is 24.3 Å². The second-order valence-electron chi connectivity index (χ2n) is 6.70. The lowest BCUT2D eigenvalue weighted by Gasteiger charge is -2.21. The van der Waals surface area contributed by atoms with E-state index < -0.39 is 0 Å². The summed E-state index contributed by atoms with van der Waals surface area (Å²) in [5, 5.41) is 7.72. The van der Waals surface area contributed by atoms with Gasteiger partial charge in [0.25, 0.3) is 0 Å². The molecule has 23 heavy (non-hydrogen) atoms. The van der Waals surface area contributed by atoms with Gasteiger partial charge in [-0.05, 0) is 53.9 Å². The van der Waals surface area contributed by atoms with Crippen LogP contribution >= 0.6 is 23.8 Å². The Morgan fingerprint density at radius 2 is 1.74 bits per heavy atom. The van der Waals surface area contributed by atoms with Crippen molar-refractivity contribution in [3.05, 3.63) is 64.7 Å². The molecule has 2 nitrogen and oxygen atoms in total. The highest BCUT2D eigenvalue weighted by Crippen LogP contribution is 2.24. The van der Waals surface area contributed by atoms with Crippen molar-refractivity contribution in [3.63, 3.8) is 0 Å². The van der Waals surface area contributed by atoms with Gasteiger partial charge in [-0.15, -0.1) is 0 Å². The summed E-state index contributed by atoms with van der Waals surface area (Å²) in [4.78, 5) is 0. The summed E-state index contributed by atoms with van der Waals surface area (Å²) >= 11 is 11.4. The van der Waals surface area contributed by atoms with E-state index in [1.165, 1.54) is 11.1 Å². The highest BCUT2D eigenvalue weighted by atomic mass is 35.5. The van der Waals surface area contributed by atoms with Gasteiger partial charge in [-0.1, -0.05) is 62.7 Å². The average Bonchev–Trinajstić information content (AvgIpc) is 2.46. The SMILES string of the molecule is C[C@@H](NC(=S)Nc1cccc(Cl)c1)c1ccc(C(C)(C)C)cc1. The Kier molecular flexibility index (Phi) is 5.66. The van der Waals surface area contributed by atoms with Crippen molar-refractivity contribution >= 4 is 34.6 Å². The fraction of sp³-hybridized carbons (Fsp3) is 0.316. The Labute approximate surface area is 149 Å². The first-order valence-electron chi connectivity index (χ1n) is 7.69. The van der Waals surface area contributed by atoms with Gasteiger partial charge >= 0.3 is 0 Å². The molecule has 0 unspecified atom stereocenters. The van der Waals surface area contributed by atoms with Gasteiger partial charge in [-0.2, -0.15) is 0 Å². The maximum Gasteiger partial charge on any atom is 0.171 e. The predicted octanol–water partition coefficient (Wildman–Crippen LogP) is 5.69. The van der Waals surface area contributed by atoms with E-state index in [9.17, 15) is 0 Å². The third-order valence-corrected chi connectivity index (χ3v) is 4.16. The van der Waals surface area contributed by atoms with Gasteiger partial charge in [0.2, 0.25) is 0 Å². The molecule has 0 heterocycles. The van der Waals surface area contributed by atoms with E-state index in [1.54, 1.807) is 0 Å². The van der Waals surface area contributed by atoms with E-state index in [2.05, 4.69) is 62.6 Å². The molecule has 0 aliphatic carbocycles. The molecule has 0 amide bonds. The van der Waals surface area contributed by atoms with Gasteiger partial charge in [-0.25, -0.2) is 0 Å². The largest absolute Gasteiger partial charge is 0.356 e. The van der Waals surface area contributed by atoms with Crippen LogP contribution in [0.3, 0.4) is 0 Å². The lowest BCUT2D eigenvalue weighted by atomic mass is 9.86. The van der Waals surface area contributed by atoms with Crippen LogP contribution in [0.4, 0.5) is 5.69 Å². The van der Waals surface area contributed by atoms with Gasteiger partial charge in [0.15, 0.2) is 5.11 Å². The van der Waals surface area contributed by atoms with Crippen LogP contribution in [0.1, 0.15) is 44.9 Å². The summed E-state index contributed by atoms with van der Waals surface area (Å²) < 4.78 is 0. The second kappa shape index (κ2) is 7.33. The average molecular weight is 347 g/mol. The zero-order valence-corrected chi connectivity index (χ0v) is 15.6. The monoisotopic (exact) mass is 346 g/mol. The molecule has 1 atom stereocenters. The molecule has 0 spiro atoms. The van der Waals surface area contributed by atoms with Crippen molar-refractivity contribution in [1.29, 1.82) is 0 Å². The molecule has 0 aliphatic heterocycles. The van der Waals surface area contributed by atoms with Crippen LogP contribution in [0, 0.1) is 0 Å². The molecule has 2 N–H and O–H groups in total. The fourth-order valence-electron chi connectivity index (χ4n) is 2.29. The lowest BCUT2D eigenvalue weighted by molar-refractivity contribution is 0.589. The van der Waals surface area contributed by atoms with Gasteiger partial charge in [0, 0.05) is 10.7 Å². The molecular formula is C19H23ClN2S. The molecular weight excluding hydrogens is 324 g/mol. The van der Waals surface area contributed by atoms with E-state index in [0.717, 1.165) is 5.69 Å². The molecule has 2 rings (SSSR count). The van der Waals surface area contributed by atoms with Gasteiger partial charge in [-0.3, -0.25) is 0 Å². The number of thiocarbonyl (C=S) groups is 1. The minimum Gasteiger partial charge on any atom is -0.356 e. The van der Waals surface area contributed by atoms with Crippen LogP contribution in [0.5, 0.6) is 0 Å². The minimum atomic E-state index is 0.128. The van der Waals surface area contributed by atoms with Crippen LogP contribution in [0.2, 0.25) is 5.02 Å². The molecule has 2 aromatic rings. The standard InChI is InChI=1S/C19H23ClN2S/c1-13(14-8-10-15(11-9-14)19(2,3)4)21-18(23)22-17-7-5-6-16(20)12-17/h5-13H,1-4H3,(H2,21,22,23)/t13-/m1/s1. The molecule has 0 saturated heterocycles. The molecule has 0 radical (unpaired) electrons. The topological polar surface area (TPSA) is 24.1 Å². The van der Waals surface area contributed by atoms with E-state index in [0.29, 0.717) is 10.1 Å². The zero-order chi connectivity index (χ0) is 17.0. The number of nitrogens with one attached hydrogen (secondary N) is 2. The Morgan fingerprint density at radius 3 is 2.30 bits per heavy atom. The first-order chi connectivity index (χ1) is 10.8. The molecule has 4 heteroatoms. The summed E-state index contributed by atoms with van der Waals surface area (Å²) in [7, 11) is 0. The molecule has 0 aliphatic rings. The minimum absolute atomic E-state index is 0.128. The quantitative estimate of drug-likeness (QED) is 0.698. The highest BCUT2D eigenvalue weighted by molar-refractivity contribution is 7.80. The predicted molar refractivity (Wildman–Crippen MR) is 104 cm³/mol. The lowest BCUT2D eigenvalue weighted by Crippen LogP contribution is -2.30. The van der Waals surface area contributed by atoms with Crippen LogP contribution in [0.15, 0.2) is 48.5 Å². The number of hydrogen-bond acceptors (Lipinski definition) is 1. The number of hydrogen-bond donors (Lipinski definition) is 2. The van der Waals surface area contributed by atoms with Crippen molar-refractivity contribution < 1.29 is 0 Å². The van der Waals surface area contributed by atoms with Gasteiger partial charge < -0.3 is 10.6 Å². The van der Waals surface area contributed by atoms with E-state index in [-0.39, 0.29) is 11.5 Å². The molecule has 0 fully saturated rings. The maximum atomic E-state index is 5.98. The summed E-state index contributed by atoms with van der Waals surface area (Å²) in [6.07, 6.45) is 0. The summed E-state index contributed by atoms with van der Waals surface area (Å²) in [5.74, 6) is 0. The molecule has 0 bridgehead atoms. The first kappa shape index (κ1) is 17.8. The maximum absolute atomic E-state index is 5.98. The van der Waals surface area contributed by atoms with Crippen molar-refractivity contribution in [1.82, 2.24) is 5.32 Å². The summed E-state index contributed by atoms with van der Waals surface area (Å²) in [5.41, 5.74) is 3.57. The van der Waals surface area contributed by atoms with Gasteiger partial charge in [0.1, 0.15) is 0 Å². The summed E-state index contributed by atoms with van der Waals surface area (Å²) in [6, 6.07) is 16.3. The number of anilines is 1. The smallest absolute Gasteiger partial charge is 0.171 e. The third-order valence-electron chi connectivity index (χ3n) is 3.71. The number of benzene rings is 2. The van der Waals surface area contributed by atoms with Crippen molar-refractivity contribution in [3.8, 4) is 0 Å². The zero-order valence-electron chi connectivity index (χ0n) is 14.0. The highest BCUT2D eigenvalue weighted by Gasteiger charge is 2.14. The van der Waals surface area contributed by atoms with Crippen LogP contribution < -0.4 is 10.6 Å². The first-order valence-corrected chi connectivity index (χ1v) is 8.48. The third kappa shape index (κ3) is 5.22. The molecule has 0 saturated carbocycles. The van der Waals surface area contributed by atoms with Crippen LogP contribution in [-0.2, 0) is 5.41 Å².